The van der Waals surface area contributed by atoms with Gasteiger partial charge in [0.25, 0.3) is 0 Å². The average molecular weight is 608 g/mol. The summed E-state index contributed by atoms with van der Waals surface area (Å²) in [5, 5.41) is 7.55. The first-order chi connectivity index (χ1) is 20.9. The van der Waals surface area contributed by atoms with Crippen molar-refractivity contribution in [2.75, 3.05) is 46.4 Å². The van der Waals surface area contributed by atoms with E-state index in [0.717, 1.165) is 22.3 Å². The predicted molar refractivity (Wildman–Crippen MR) is 159 cm³/mol. The number of alkyl carbamates (subject to hydrolysis) is 2. The maximum atomic E-state index is 13.1. The minimum Gasteiger partial charge on any atom is -0.468 e. The van der Waals surface area contributed by atoms with Gasteiger partial charge in [-0.15, -0.1) is 0 Å². The molecule has 5 amide bonds. The van der Waals surface area contributed by atoms with Gasteiger partial charge in [0, 0.05) is 25.6 Å². The van der Waals surface area contributed by atoms with Crippen molar-refractivity contribution < 1.29 is 38.2 Å². The quantitative estimate of drug-likeness (QED) is 0.275. The van der Waals surface area contributed by atoms with Crippen LogP contribution in [0.15, 0.2) is 60.4 Å². The molecule has 0 bridgehead atoms. The normalized spacial score (nSPS) is 14.0. The van der Waals surface area contributed by atoms with E-state index in [1.807, 2.05) is 48.5 Å². The Morgan fingerprint density at radius 2 is 1.64 bits per heavy atom. The fourth-order valence-corrected chi connectivity index (χ4v) is 4.88. The minimum absolute atomic E-state index is 0.00450. The zero-order chi connectivity index (χ0) is 31.9. The molecule has 234 valence electrons. The van der Waals surface area contributed by atoms with Gasteiger partial charge in [-0.2, -0.15) is 0 Å². The van der Waals surface area contributed by atoms with E-state index in [-0.39, 0.29) is 51.1 Å². The van der Waals surface area contributed by atoms with E-state index in [1.54, 1.807) is 20.8 Å². The Labute approximate surface area is 255 Å². The van der Waals surface area contributed by atoms with Crippen LogP contribution in [-0.2, 0) is 23.8 Å². The number of benzene rings is 2. The van der Waals surface area contributed by atoms with Gasteiger partial charge in [-0.25, -0.2) is 14.4 Å². The molecule has 3 N–H and O–H groups in total. The van der Waals surface area contributed by atoms with E-state index < -0.39 is 35.7 Å². The smallest absolute Gasteiger partial charge is 0.413 e. The molecule has 1 aliphatic heterocycles. The monoisotopic (exact) mass is 607 g/mol. The first-order valence-electron chi connectivity index (χ1n) is 14.1. The zero-order valence-electron chi connectivity index (χ0n) is 25.2. The van der Waals surface area contributed by atoms with Crippen molar-refractivity contribution in [1.82, 2.24) is 25.8 Å². The molecule has 0 unspecified atom stereocenters. The van der Waals surface area contributed by atoms with E-state index in [1.165, 1.54) is 23.0 Å². The van der Waals surface area contributed by atoms with Crippen LogP contribution in [0.3, 0.4) is 0 Å². The lowest BCUT2D eigenvalue weighted by Gasteiger charge is -2.29. The highest BCUT2D eigenvalue weighted by atomic mass is 16.6. The SMILES string of the molecule is COC(=O)CN(CCNC(=O)OCC1c2ccccc2-c2ccccc21)C(=O)CN1CC=C(NC(=O)OC(C)(C)C)NC1=O. The third-order valence-electron chi connectivity index (χ3n) is 6.90. The Morgan fingerprint density at radius 1 is 1.00 bits per heavy atom. The number of esters is 1. The maximum absolute atomic E-state index is 13.1. The first kappa shape index (κ1) is 31.9. The van der Waals surface area contributed by atoms with Crippen LogP contribution >= 0.6 is 0 Å². The summed E-state index contributed by atoms with van der Waals surface area (Å²) in [6.07, 6.45) is 0.117. The highest BCUT2D eigenvalue weighted by Crippen LogP contribution is 2.44. The van der Waals surface area contributed by atoms with Crippen molar-refractivity contribution in [2.24, 2.45) is 0 Å². The molecule has 0 spiro atoms. The maximum Gasteiger partial charge on any atom is 0.413 e. The number of methoxy groups -OCH3 is 1. The predicted octanol–water partition coefficient (Wildman–Crippen LogP) is 2.92. The standard InChI is InChI=1S/C31H37N5O8/c1-31(2,3)44-30(41)34-25-13-15-36(28(39)33-25)17-26(37)35(18-27(38)42-4)16-14-32-29(40)43-19-24-22-11-7-5-9-20(22)21-10-6-8-12-23(21)24/h5-13,24H,14-19H2,1-4H3,(H,32,40)(H,33,39)(H,34,41). The summed E-state index contributed by atoms with van der Waals surface area (Å²) >= 11 is 0. The molecule has 2 aromatic carbocycles. The molecule has 0 atom stereocenters. The zero-order valence-corrected chi connectivity index (χ0v) is 25.2. The third-order valence-corrected chi connectivity index (χ3v) is 6.90. The number of carbonyl (C=O) groups is 5. The van der Waals surface area contributed by atoms with E-state index in [4.69, 9.17) is 14.2 Å². The van der Waals surface area contributed by atoms with E-state index in [2.05, 4.69) is 16.0 Å². The average Bonchev–Trinajstić information content (AvgIpc) is 3.29. The Hall–Kier alpha value is -5.07. The van der Waals surface area contributed by atoms with Crippen molar-refractivity contribution in [1.29, 1.82) is 0 Å². The molecule has 1 heterocycles. The van der Waals surface area contributed by atoms with Crippen molar-refractivity contribution in [3.8, 4) is 11.1 Å². The molecule has 1 aliphatic carbocycles. The number of ether oxygens (including phenoxy) is 3. The summed E-state index contributed by atoms with van der Waals surface area (Å²) in [5.41, 5.74) is 3.68. The molecular formula is C31H37N5O8. The van der Waals surface area contributed by atoms with Gasteiger partial charge in [0.1, 0.15) is 31.1 Å². The lowest BCUT2D eigenvalue weighted by molar-refractivity contribution is -0.147. The van der Waals surface area contributed by atoms with Gasteiger partial charge >= 0.3 is 24.2 Å². The highest BCUT2D eigenvalue weighted by molar-refractivity contribution is 5.88. The van der Waals surface area contributed by atoms with Crippen LogP contribution in [0.2, 0.25) is 0 Å². The molecule has 0 radical (unpaired) electrons. The number of nitrogens with one attached hydrogen (secondary N) is 3. The number of carbonyl (C=O) groups excluding carboxylic acids is 5. The lowest BCUT2D eigenvalue weighted by Crippen LogP contribution is -2.52. The summed E-state index contributed by atoms with van der Waals surface area (Å²) in [7, 11) is 1.20. The Morgan fingerprint density at radius 3 is 2.23 bits per heavy atom. The molecule has 2 aromatic rings. The molecule has 0 aromatic heterocycles. The van der Waals surface area contributed by atoms with E-state index >= 15 is 0 Å². The minimum atomic E-state index is -0.735. The number of hydrogen-bond donors (Lipinski definition) is 3. The number of urea groups is 1. The van der Waals surface area contributed by atoms with Crippen LogP contribution in [0.5, 0.6) is 0 Å². The van der Waals surface area contributed by atoms with Gasteiger partial charge in [-0.3, -0.25) is 20.2 Å². The molecule has 13 nitrogen and oxygen atoms in total. The largest absolute Gasteiger partial charge is 0.468 e. The number of rotatable bonds is 10. The van der Waals surface area contributed by atoms with Crippen LogP contribution in [-0.4, -0.2) is 91.9 Å². The van der Waals surface area contributed by atoms with Crippen molar-refractivity contribution >= 4 is 30.1 Å². The van der Waals surface area contributed by atoms with Crippen molar-refractivity contribution in [3.63, 3.8) is 0 Å². The molecule has 4 rings (SSSR count). The molecular weight excluding hydrogens is 570 g/mol. The topological polar surface area (TPSA) is 156 Å². The van der Waals surface area contributed by atoms with Crippen LogP contribution in [0.1, 0.15) is 37.8 Å². The Balaban J connectivity index is 1.28. The molecule has 44 heavy (non-hydrogen) atoms. The molecule has 0 fully saturated rings. The Bertz CT molecular complexity index is 1410. The van der Waals surface area contributed by atoms with Crippen LogP contribution < -0.4 is 16.0 Å². The van der Waals surface area contributed by atoms with Gasteiger partial charge in [0.2, 0.25) is 5.91 Å². The number of amides is 5. The third kappa shape index (κ3) is 8.27. The second-order valence-corrected chi connectivity index (χ2v) is 11.2. The van der Waals surface area contributed by atoms with Gasteiger partial charge in [0.05, 0.1) is 7.11 Å². The fourth-order valence-electron chi connectivity index (χ4n) is 4.88. The second kappa shape index (κ2) is 13.9. The van der Waals surface area contributed by atoms with Gasteiger partial charge in [0.15, 0.2) is 0 Å². The molecule has 0 saturated heterocycles. The number of fused-ring (bicyclic) bond motifs is 3. The van der Waals surface area contributed by atoms with E-state index in [0.29, 0.717) is 0 Å². The highest BCUT2D eigenvalue weighted by Gasteiger charge is 2.30. The fraction of sp³-hybridized carbons (Fsp3) is 0.387. The summed E-state index contributed by atoms with van der Waals surface area (Å²) < 4.78 is 15.4. The number of nitrogens with zero attached hydrogens (tertiary/aromatic N) is 2. The van der Waals surface area contributed by atoms with Crippen molar-refractivity contribution in [3.05, 3.63) is 71.6 Å². The summed E-state index contributed by atoms with van der Waals surface area (Å²) in [6.45, 7) is 4.51. The molecule has 0 saturated carbocycles. The van der Waals surface area contributed by atoms with Crippen LogP contribution in [0.25, 0.3) is 11.1 Å². The lowest BCUT2D eigenvalue weighted by atomic mass is 9.98. The summed E-state index contributed by atoms with van der Waals surface area (Å²) in [4.78, 5) is 64.6. The van der Waals surface area contributed by atoms with Crippen LogP contribution in [0.4, 0.5) is 14.4 Å². The molecule has 2 aliphatic rings. The van der Waals surface area contributed by atoms with Gasteiger partial charge in [-0.1, -0.05) is 48.5 Å². The van der Waals surface area contributed by atoms with Crippen LogP contribution in [0, 0.1) is 0 Å². The van der Waals surface area contributed by atoms with Gasteiger partial charge in [-0.05, 0) is 49.1 Å². The van der Waals surface area contributed by atoms with Gasteiger partial charge < -0.3 is 29.3 Å². The second-order valence-electron chi connectivity index (χ2n) is 11.2. The number of hydrogen-bond acceptors (Lipinski definition) is 8. The summed E-state index contributed by atoms with van der Waals surface area (Å²) in [6, 6.07) is 15.4. The molecule has 13 heteroatoms. The first-order valence-corrected chi connectivity index (χ1v) is 14.1. The van der Waals surface area contributed by atoms with Crippen molar-refractivity contribution in [2.45, 2.75) is 32.3 Å². The summed E-state index contributed by atoms with van der Waals surface area (Å²) in [5.74, 6) is -1.18. The Kier molecular flexibility index (Phi) is 10.1. The van der Waals surface area contributed by atoms with E-state index in [9.17, 15) is 24.0 Å².